The van der Waals surface area contributed by atoms with Crippen LogP contribution in [0.2, 0.25) is 0 Å². The van der Waals surface area contributed by atoms with Crippen LogP contribution in [0.4, 0.5) is 0 Å². The average molecular weight is 266 g/mol. The molecule has 5 nitrogen and oxygen atoms in total. The molecule has 2 rings (SSSR count). The summed E-state index contributed by atoms with van der Waals surface area (Å²) in [5.41, 5.74) is 1.75. The maximum atomic E-state index is 11.8. The molecule has 0 aliphatic rings. The van der Waals surface area contributed by atoms with Crippen molar-refractivity contribution in [2.45, 2.75) is 12.2 Å². The molecule has 6 heteroatoms. The zero-order valence-corrected chi connectivity index (χ0v) is 10.8. The lowest BCUT2D eigenvalue weighted by Crippen LogP contribution is -2.07. The van der Waals surface area contributed by atoms with Gasteiger partial charge in [0, 0.05) is 29.0 Å². The van der Waals surface area contributed by atoms with Gasteiger partial charge in [-0.3, -0.25) is 13.7 Å². The fourth-order valence-corrected chi connectivity index (χ4v) is 2.89. The number of nitrogens with zero attached hydrogens (tertiary/aromatic N) is 2. The fourth-order valence-electron chi connectivity index (χ4n) is 1.82. The van der Waals surface area contributed by atoms with Crippen molar-refractivity contribution < 1.29 is 14.1 Å². The van der Waals surface area contributed by atoms with Gasteiger partial charge < -0.3 is 5.11 Å². The predicted molar refractivity (Wildman–Crippen MR) is 69.7 cm³/mol. The molecular weight excluding hydrogens is 252 g/mol. The van der Waals surface area contributed by atoms with Crippen molar-refractivity contribution in [3.63, 3.8) is 0 Å². The molecular formula is C12H14N2O3S. The zero-order chi connectivity index (χ0) is 13.1. The minimum absolute atomic E-state index is 0.0720. The van der Waals surface area contributed by atoms with E-state index in [0.29, 0.717) is 5.75 Å². The minimum Gasteiger partial charge on any atom is -0.481 e. The number of aromatic nitrogens is 2. The SMILES string of the molecule is Cn1nc(CS(=O)CCC(=O)O)c2ccccc21. The van der Waals surface area contributed by atoms with Crippen LogP contribution >= 0.6 is 0 Å². The first kappa shape index (κ1) is 12.8. The minimum atomic E-state index is -1.19. The van der Waals surface area contributed by atoms with Gasteiger partial charge in [-0.15, -0.1) is 0 Å². The van der Waals surface area contributed by atoms with E-state index in [1.807, 2.05) is 31.3 Å². The third-order valence-electron chi connectivity index (χ3n) is 2.68. The lowest BCUT2D eigenvalue weighted by atomic mass is 10.2. The van der Waals surface area contributed by atoms with E-state index in [1.165, 1.54) is 0 Å². The van der Waals surface area contributed by atoms with Gasteiger partial charge in [0.15, 0.2) is 0 Å². The monoisotopic (exact) mass is 266 g/mol. The van der Waals surface area contributed by atoms with Crippen LogP contribution in [0.3, 0.4) is 0 Å². The van der Waals surface area contributed by atoms with Crippen LogP contribution in [0, 0.1) is 0 Å². The summed E-state index contributed by atoms with van der Waals surface area (Å²) < 4.78 is 13.5. The fraction of sp³-hybridized carbons (Fsp3) is 0.333. The number of aryl methyl sites for hydroxylation is 1. The van der Waals surface area contributed by atoms with Gasteiger partial charge in [0.2, 0.25) is 0 Å². The maximum Gasteiger partial charge on any atom is 0.304 e. The molecule has 0 amide bonds. The third kappa shape index (κ3) is 2.76. The molecule has 1 N–H and O–H groups in total. The highest BCUT2D eigenvalue weighted by Crippen LogP contribution is 2.18. The van der Waals surface area contributed by atoms with E-state index in [2.05, 4.69) is 5.10 Å². The van der Waals surface area contributed by atoms with Crippen LogP contribution in [0.1, 0.15) is 12.1 Å². The van der Waals surface area contributed by atoms with Gasteiger partial charge in [0.25, 0.3) is 0 Å². The number of aliphatic carboxylic acids is 1. The lowest BCUT2D eigenvalue weighted by Gasteiger charge is -1.98. The normalized spacial score (nSPS) is 12.7. The van der Waals surface area contributed by atoms with Gasteiger partial charge in [-0.1, -0.05) is 18.2 Å². The zero-order valence-electron chi connectivity index (χ0n) is 10.00. The van der Waals surface area contributed by atoms with Gasteiger partial charge in [0.1, 0.15) is 0 Å². The molecule has 0 bridgehead atoms. The molecule has 2 aromatic rings. The Labute approximate surface area is 107 Å². The van der Waals surface area contributed by atoms with E-state index in [9.17, 15) is 9.00 Å². The molecule has 0 spiro atoms. The molecule has 0 radical (unpaired) electrons. The summed E-state index contributed by atoms with van der Waals surface area (Å²) in [5, 5.41) is 13.9. The number of para-hydroxylation sites is 1. The topological polar surface area (TPSA) is 72.2 Å². The molecule has 1 atom stereocenters. The van der Waals surface area contributed by atoms with Crippen molar-refractivity contribution in [3.8, 4) is 0 Å². The van der Waals surface area contributed by atoms with Crippen molar-refractivity contribution in [3.05, 3.63) is 30.0 Å². The highest BCUT2D eigenvalue weighted by Gasteiger charge is 2.12. The Morgan fingerprint density at radius 2 is 2.17 bits per heavy atom. The smallest absolute Gasteiger partial charge is 0.304 e. The van der Waals surface area contributed by atoms with Gasteiger partial charge in [0.05, 0.1) is 23.4 Å². The number of carboxylic acid groups (broad SMARTS) is 1. The van der Waals surface area contributed by atoms with Crippen molar-refractivity contribution in [1.82, 2.24) is 9.78 Å². The highest BCUT2D eigenvalue weighted by atomic mass is 32.2. The number of fused-ring (bicyclic) bond motifs is 1. The van der Waals surface area contributed by atoms with Gasteiger partial charge in [-0.05, 0) is 6.07 Å². The molecule has 0 fully saturated rings. The van der Waals surface area contributed by atoms with Crippen molar-refractivity contribution in [2.24, 2.45) is 7.05 Å². The van der Waals surface area contributed by atoms with E-state index in [1.54, 1.807) is 4.68 Å². The highest BCUT2D eigenvalue weighted by molar-refractivity contribution is 7.84. The van der Waals surface area contributed by atoms with Crippen LogP contribution in [0.15, 0.2) is 24.3 Å². The maximum absolute atomic E-state index is 11.8. The third-order valence-corrected chi connectivity index (χ3v) is 3.93. The second-order valence-electron chi connectivity index (χ2n) is 4.02. The van der Waals surface area contributed by atoms with Crippen molar-refractivity contribution in [1.29, 1.82) is 0 Å². The number of benzene rings is 1. The summed E-state index contributed by atoms with van der Waals surface area (Å²) in [6, 6.07) is 7.72. The quantitative estimate of drug-likeness (QED) is 0.885. The second-order valence-corrected chi connectivity index (χ2v) is 5.60. The summed E-state index contributed by atoms with van der Waals surface area (Å²) in [5.74, 6) is -0.455. The Bertz CT molecular complexity index is 606. The molecule has 0 saturated heterocycles. The van der Waals surface area contributed by atoms with E-state index < -0.39 is 16.8 Å². The molecule has 0 aliphatic carbocycles. The molecule has 96 valence electrons. The molecule has 0 saturated carbocycles. The first-order valence-electron chi connectivity index (χ1n) is 5.55. The number of hydrogen-bond donors (Lipinski definition) is 1. The van der Waals surface area contributed by atoms with E-state index >= 15 is 0 Å². The van der Waals surface area contributed by atoms with Crippen LogP contribution in [-0.4, -0.2) is 30.8 Å². The Hall–Kier alpha value is -1.69. The first-order valence-corrected chi connectivity index (χ1v) is 7.04. The van der Waals surface area contributed by atoms with Crippen LogP contribution < -0.4 is 0 Å². The van der Waals surface area contributed by atoms with E-state index in [-0.39, 0.29) is 12.2 Å². The Kier molecular flexibility index (Phi) is 3.76. The van der Waals surface area contributed by atoms with Gasteiger partial charge in [-0.2, -0.15) is 5.10 Å². The van der Waals surface area contributed by atoms with E-state index in [4.69, 9.17) is 5.11 Å². The Morgan fingerprint density at radius 1 is 1.44 bits per heavy atom. The van der Waals surface area contributed by atoms with Crippen molar-refractivity contribution in [2.75, 3.05) is 5.75 Å². The molecule has 18 heavy (non-hydrogen) atoms. The molecule has 0 aliphatic heterocycles. The van der Waals surface area contributed by atoms with E-state index in [0.717, 1.165) is 16.6 Å². The number of carboxylic acids is 1. The second kappa shape index (κ2) is 5.30. The summed E-state index contributed by atoms with van der Waals surface area (Å²) in [6.45, 7) is 0. The Morgan fingerprint density at radius 3 is 2.89 bits per heavy atom. The summed E-state index contributed by atoms with van der Waals surface area (Å²) in [7, 11) is 0.648. The predicted octanol–water partition coefficient (Wildman–Crippen LogP) is 1.30. The van der Waals surface area contributed by atoms with Crippen LogP contribution in [-0.2, 0) is 28.4 Å². The summed E-state index contributed by atoms with van der Waals surface area (Å²) in [6.07, 6.45) is -0.0720. The first-order chi connectivity index (χ1) is 8.58. The number of hydrogen-bond acceptors (Lipinski definition) is 3. The summed E-state index contributed by atoms with van der Waals surface area (Å²) in [4.78, 5) is 10.4. The average Bonchev–Trinajstić information content (AvgIpc) is 2.65. The molecule has 1 unspecified atom stereocenters. The summed E-state index contributed by atoms with van der Waals surface area (Å²) >= 11 is 0. The van der Waals surface area contributed by atoms with Gasteiger partial charge in [-0.25, -0.2) is 0 Å². The number of rotatable bonds is 5. The van der Waals surface area contributed by atoms with Crippen LogP contribution in [0.5, 0.6) is 0 Å². The van der Waals surface area contributed by atoms with Crippen molar-refractivity contribution >= 4 is 27.7 Å². The molecule has 1 heterocycles. The standard InChI is InChI=1S/C12H14N2O3S/c1-14-11-5-3-2-4-9(11)10(13-14)8-18(17)7-6-12(15)16/h2-5H,6-8H2,1H3,(H,15,16). The number of carbonyl (C=O) groups is 1. The largest absolute Gasteiger partial charge is 0.481 e. The molecule has 1 aromatic heterocycles. The molecule has 1 aromatic carbocycles. The lowest BCUT2D eigenvalue weighted by molar-refractivity contribution is -0.136. The van der Waals surface area contributed by atoms with Crippen LogP contribution in [0.25, 0.3) is 10.9 Å². The Balaban J connectivity index is 2.17. The van der Waals surface area contributed by atoms with Gasteiger partial charge >= 0.3 is 5.97 Å².